The standard InChI is InChI=1S/C13H11BrFNO2S/c14-11-6-7-12(15)13(8-11)19(17,18)16-9-10-4-2-1-3-5-10/h1-8,16H,9H2. The number of benzene rings is 2. The van der Waals surface area contributed by atoms with Gasteiger partial charge >= 0.3 is 0 Å². The molecule has 1 N–H and O–H groups in total. The highest BCUT2D eigenvalue weighted by Gasteiger charge is 2.18. The van der Waals surface area contributed by atoms with E-state index >= 15 is 0 Å². The maximum Gasteiger partial charge on any atom is 0.243 e. The first kappa shape index (κ1) is 14.2. The van der Waals surface area contributed by atoms with Crippen molar-refractivity contribution in [2.45, 2.75) is 11.4 Å². The SMILES string of the molecule is O=S(=O)(NCc1ccccc1)c1cc(Br)ccc1F. The van der Waals surface area contributed by atoms with Gasteiger partial charge in [-0.2, -0.15) is 0 Å². The van der Waals surface area contributed by atoms with Crippen LogP contribution in [0.15, 0.2) is 57.9 Å². The van der Waals surface area contributed by atoms with Gasteiger partial charge in [0.25, 0.3) is 0 Å². The zero-order valence-electron chi connectivity index (χ0n) is 9.81. The fraction of sp³-hybridized carbons (Fsp3) is 0.0769. The molecule has 19 heavy (non-hydrogen) atoms. The highest BCUT2D eigenvalue weighted by Crippen LogP contribution is 2.20. The topological polar surface area (TPSA) is 46.2 Å². The van der Waals surface area contributed by atoms with Crippen LogP contribution >= 0.6 is 15.9 Å². The zero-order valence-corrected chi connectivity index (χ0v) is 12.2. The Morgan fingerprint density at radius 3 is 2.47 bits per heavy atom. The monoisotopic (exact) mass is 343 g/mol. The normalized spacial score (nSPS) is 11.5. The van der Waals surface area contributed by atoms with Crippen LogP contribution in [0.5, 0.6) is 0 Å². The molecule has 2 aromatic rings. The molecule has 3 nitrogen and oxygen atoms in total. The van der Waals surface area contributed by atoms with Gasteiger partial charge in [-0.15, -0.1) is 0 Å². The summed E-state index contributed by atoms with van der Waals surface area (Å²) in [6.07, 6.45) is 0. The molecule has 0 bridgehead atoms. The van der Waals surface area contributed by atoms with E-state index in [9.17, 15) is 12.8 Å². The van der Waals surface area contributed by atoms with E-state index in [-0.39, 0.29) is 11.4 Å². The first-order chi connectivity index (χ1) is 8.99. The molecule has 0 radical (unpaired) electrons. The van der Waals surface area contributed by atoms with E-state index in [1.165, 1.54) is 12.1 Å². The van der Waals surface area contributed by atoms with Gasteiger partial charge in [0, 0.05) is 11.0 Å². The van der Waals surface area contributed by atoms with E-state index < -0.39 is 15.8 Å². The zero-order chi connectivity index (χ0) is 13.9. The van der Waals surface area contributed by atoms with Crippen molar-refractivity contribution in [3.8, 4) is 0 Å². The Morgan fingerprint density at radius 1 is 1.11 bits per heavy atom. The Bertz CT molecular complexity index is 674. The van der Waals surface area contributed by atoms with Gasteiger partial charge in [0.15, 0.2) is 0 Å². The predicted octanol–water partition coefficient (Wildman–Crippen LogP) is 3.07. The lowest BCUT2D eigenvalue weighted by Gasteiger charge is -2.08. The third-order valence-electron chi connectivity index (χ3n) is 2.49. The molecule has 0 unspecified atom stereocenters. The average Bonchev–Trinajstić information content (AvgIpc) is 2.40. The first-order valence-electron chi connectivity index (χ1n) is 5.48. The molecule has 0 heterocycles. The third kappa shape index (κ3) is 3.62. The van der Waals surface area contributed by atoms with Gasteiger partial charge in [-0.3, -0.25) is 0 Å². The number of nitrogens with one attached hydrogen (secondary N) is 1. The third-order valence-corrected chi connectivity index (χ3v) is 4.40. The molecular weight excluding hydrogens is 333 g/mol. The van der Waals surface area contributed by atoms with Crippen LogP contribution in [0.25, 0.3) is 0 Å². The number of hydrogen-bond acceptors (Lipinski definition) is 2. The van der Waals surface area contributed by atoms with Crippen molar-refractivity contribution in [3.05, 3.63) is 64.4 Å². The minimum Gasteiger partial charge on any atom is -0.207 e. The summed E-state index contributed by atoms with van der Waals surface area (Å²) in [6.45, 7) is 0.120. The molecule has 0 aliphatic rings. The fourth-order valence-corrected chi connectivity index (χ4v) is 3.17. The van der Waals surface area contributed by atoms with Crippen molar-refractivity contribution >= 4 is 26.0 Å². The molecule has 6 heteroatoms. The molecular formula is C13H11BrFNO2S. The lowest BCUT2D eigenvalue weighted by atomic mass is 10.2. The van der Waals surface area contributed by atoms with Crippen molar-refractivity contribution in [1.82, 2.24) is 4.72 Å². The Hall–Kier alpha value is -1.24. The molecule has 2 rings (SSSR count). The molecule has 0 spiro atoms. The summed E-state index contributed by atoms with van der Waals surface area (Å²) < 4.78 is 40.4. The maximum atomic E-state index is 13.6. The van der Waals surface area contributed by atoms with E-state index in [4.69, 9.17) is 0 Å². The van der Waals surface area contributed by atoms with Crippen molar-refractivity contribution in [2.75, 3.05) is 0 Å². The van der Waals surface area contributed by atoms with Crippen LogP contribution in [0, 0.1) is 5.82 Å². The molecule has 0 amide bonds. The van der Waals surface area contributed by atoms with Gasteiger partial charge in [0.1, 0.15) is 10.7 Å². The quantitative estimate of drug-likeness (QED) is 0.927. The number of sulfonamides is 1. The summed E-state index contributed by atoms with van der Waals surface area (Å²) in [6, 6.07) is 12.8. The van der Waals surface area contributed by atoms with E-state index in [1.54, 1.807) is 12.1 Å². The molecule has 0 aliphatic carbocycles. The van der Waals surface area contributed by atoms with Crippen molar-refractivity contribution < 1.29 is 12.8 Å². The van der Waals surface area contributed by atoms with E-state index in [1.807, 2.05) is 18.2 Å². The van der Waals surface area contributed by atoms with Crippen molar-refractivity contribution in [3.63, 3.8) is 0 Å². The van der Waals surface area contributed by atoms with Crippen molar-refractivity contribution in [2.24, 2.45) is 0 Å². The second-order valence-electron chi connectivity index (χ2n) is 3.88. The second-order valence-corrected chi connectivity index (χ2v) is 6.54. The lowest BCUT2D eigenvalue weighted by Crippen LogP contribution is -2.24. The van der Waals surface area contributed by atoms with Crippen LogP contribution in [-0.2, 0) is 16.6 Å². The van der Waals surface area contributed by atoms with Crippen LogP contribution in [0.2, 0.25) is 0 Å². The smallest absolute Gasteiger partial charge is 0.207 e. The molecule has 0 atom stereocenters. The summed E-state index contributed by atoms with van der Waals surface area (Å²) in [7, 11) is -3.87. The highest BCUT2D eigenvalue weighted by atomic mass is 79.9. The Labute approximate surface area is 119 Å². The van der Waals surface area contributed by atoms with Crippen LogP contribution in [0.4, 0.5) is 4.39 Å². The van der Waals surface area contributed by atoms with Crippen molar-refractivity contribution in [1.29, 1.82) is 0 Å². The lowest BCUT2D eigenvalue weighted by molar-refractivity contribution is 0.556. The van der Waals surface area contributed by atoms with Gasteiger partial charge < -0.3 is 0 Å². The molecule has 0 fully saturated rings. The molecule has 2 aromatic carbocycles. The molecule has 0 aliphatic heterocycles. The van der Waals surface area contributed by atoms with Crippen LogP contribution in [0.3, 0.4) is 0 Å². The number of halogens is 2. The molecule has 0 saturated carbocycles. The molecule has 0 aromatic heterocycles. The second kappa shape index (κ2) is 5.81. The Morgan fingerprint density at radius 2 is 1.79 bits per heavy atom. The first-order valence-corrected chi connectivity index (χ1v) is 7.75. The Balaban J connectivity index is 2.21. The minimum absolute atomic E-state index is 0.120. The molecule has 0 saturated heterocycles. The van der Waals surface area contributed by atoms with E-state index in [0.29, 0.717) is 4.47 Å². The summed E-state index contributed by atoms with van der Waals surface area (Å²) in [5.41, 5.74) is 0.807. The van der Waals surface area contributed by atoms with Gasteiger partial charge in [-0.05, 0) is 23.8 Å². The van der Waals surface area contributed by atoms with Crippen LogP contribution < -0.4 is 4.72 Å². The maximum absolute atomic E-state index is 13.6. The number of hydrogen-bond donors (Lipinski definition) is 1. The van der Waals surface area contributed by atoms with E-state index in [0.717, 1.165) is 11.6 Å². The van der Waals surface area contributed by atoms with Gasteiger partial charge in [-0.25, -0.2) is 17.5 Å². The van der Waals surface area contributed by atoms with Gasteiger partial charge in [0.05, 0.1) is 0 Å². The van der Waals surface area contributed by atoms with Crippen LogP contribution in [-0.4, -0.2) is 8.42 Å². The predicted molar refractivity (Wildman–Crippen MR) is 74.6 cm³/mol. The minimum atomic E-state index is -3.87. The molecule has 100 valence electrons. The Kier molecular flexibility index (Phi) is 4.34. The average molecular weight is 344 g/mol. The number of rotatable bonds is 4. The largest absolute Gasteiger partial charge is 0.243 e. The summed E-state index contributed by atoms with van der Waals surface area (Å²) in [5.74, 6) is -0.774. The van der Waals surface area contributed by atoms with E-state index in [2.05, 4.69) is 20.7 Å². The summed E-state index contributed by atoms with van der Waals surface area (Å²) in [5, 5.41) is 0. The highest BCUT2D eigenvalue weighted by molar-refractivity contribution is 9.10. The summed E-state index contributed by atoms with van der Waals surface area (Å²) >= 11 is 3.13. The van der Waals surface area contributed by atoms with Gasteiger partial charge in [-0.1, -0.05) is 46.3 Å². The summed E-state index contributed by atoms with van der Waals surface area (Å²) in [4.78, 5) is -0.363. The van der Waals surface area contributed by atoms with Crippen LogP contribution in [0.1, 0.15) is 5.56 Å². The fourth-order valence-electron chi connectivity index (χ4n) is 1.54. The van der Waals surface area contributed by atoms with Gasteiger partial charge in [0.2, 0.25) is 10.0 Å².